The van der Waals surface area contributed by atoms with Gasteiger partial charge in [0, 0.05) is 11.3 Å². The van der Waals surface area contributed by atoms with Gasteiger partial charge in [-0.2, -0.15) is 0 Å². The minimum Gasteiger partial charge on any atom is -0.448 e. The van der Waals surface area contributed by atoms with E-state index in [4.69, 9.17) is 4.74 Å². The summed E-state index contributed by atoms with van der Waals surface area (Å²) in [5.74, 6) is -6.45. The summed E-state index contributed by atoms with van der Waals surface area (Å²) in [5.41, 5.74) is 1.09. The first kappa shape index (κ1) is 20.5. The fourth-order valence-electron chi connectivity index (χ4n) is 2.73. The van der Waals surface area contributed by atoms with E-state index in [-0.39, 0.29) is 5.69 Å². The molecule has 3 N–H and O–H groups in total. The van der Waals surface area contributed by atoms with Crippen LogP contribution in [0.25, 0.3) is 0 Å². The first-order chi connectivity index (χ1) is 12.5. The zero-order chi connectivity index (χ0) is 20.5. The van der Waals surface area contributed by atoms with Crippen molar-refractivity contribution < 1.29 is 32.6 Å². The van der Waals surface area contributed by atoms with Crippen LogP contribution in [0.5, 0.6) is 0 Å². The van der Waals surface area contributed by atoms with Crippen molar-refractivity contribution in [3.63, 3.8) is 0 Å². The number of aromatic nitrogens is 1. The Bertz CT molecular complexity index is 893. The van der Waals surface area contributed by atoms with Crippen LogP contribution < -0.4 is 5.32 Å². The van der Waals surface area contributed by atoms with E-state index in [0.29, 0.717) is 22.9 Å². The summed E-state index contributed by atoms with van der Waals surface area (Å²) in [6, 6.07) is 1.51. The molecule has 0 saturated carbocycles. The molecule has 0 radical (unpaired) electrons. The van der Waals surface area contributed by atoms with Gasteiger partial charge in [-0.3, -0.25) is 4.79 Å². The van der Waals surface area contributed by atoms with Gasteiger partial charge in [0.25, 0.3) is 5.91 Å². The third kappa shape index (κ3) is 4.13. The standard InChI is InChI=1S/C18H19F3N2O4/c1-7-13(9(3)24)8(2)22-16(7)18(26)27-10(4)17(25)23-12-6-5-11(19)14(20)15(12)21/h5-6,9-10,22,24H,1-4H3,(H,23,25)/t9-,10-/m0/s1. The molecule has 0 aliphatic heterocycles. The number of hydrogen-bond acceptors (Lipinski definition) is 4. The normalized spacial score (nSPS) is 13.2. The fourth-order valence-corrected chi connectivity index (χ4v) is 2.73. The molecule has 1 heterocycles. The molecule has 9 heteroatoms. The highest BCUT2D eigenvalue weighted by Crippen LogP contribution is 2.25. The summed E-state index contributed by atoms with van der Waals surface area (Å²) in [4.78, 5) is 27.2. The number of H-pyrrole nitrogens is 1. The summed E-state index contributed by atoms with van der Waals surface area (Å²) >= 11 is 0. The zero-order valence-electron chi connectivity index (χ0n) is 15.1. The molecule has 0 aliphatic carbocycles. The monoisotopic (exact) mass is 384 g/mol. The minimum absolute atomic E-state index is 0.0713. The summed E-state index contributed by atoms with van der Waals surface area (Å²) in [6.45, 7) is 6.08. The number of rotatable bonds is 5. The molecular formula is C18H19F3N2O4. The smallest absolute Gasteiger partial charge is 0.355 e. The van der Waals surface area contributed by atoms with Gasteiger partial charge in [0.15, 0.2) is 23.6 Å². The molecule has 2 atom stereocenters. The predicted octanol–water partition coefficient (Wildman–Crippen LogP) is 3.29. The molecule has 0 spiro atoms. The summed E-state index contributed by atoms with van der Waals surface area (Å²) in [6.07, 6.45) is -2.15. The van der Waals surface area contributed by atoms with Crippen LogP contribution in [0.1, 0.15) is 47.3 Å². The lowest BCUT2D eigenvalue weighted by molar-refractivity contribution is -0.123. The van der Waals surface area contributed by atoms with Crippen molar-refractivity contribution in [2.24, 2.45) is 0 Å². The van der Waals surface area contributed by atoms with Crippen LogP contribution in [0.15, 0.2) is 12.1 Å². The van der Waals surface area contributed by atoms with Crippen LogP contribution in [0.4, 0.5) is 18.9 Å². The van der Waals surface area contributed by atoms with Gasteiger partial charge < -0.3 is 20.1 Å². The van der Waals surface area contributed by atoms with Crippen molar-refractivity contribution in [1.29, 1.82) is 0 Å². The SMILES string of the molecule is Cc1[nH]c(C(=O)O[C@@H](C)C(=O)Nc2ccc(F)c(F)c2F)c(C)c1[C@H](C)O. The van der Waals surface area contributed by atoms with E-state index in [1.807, 2.05) is 5.32 Å². The van der Waals surface area contributed by atoms with Gasteiger partial charge in [0.1, 0.15) is 5.69 Å². The molecule has 0 aliphatic rings. The van der Waals surface area contributed by atoms with Gasteiger partial charge in [-0.05, 0) is 45.4 Å². The van der Waals surface area contributed by atoms with Crippen LogP contribution in [0, 0.1) is 31.3 Å². The largest absolute Gasteiger partial charge is 0.448 e. The number of carbonyl (C=O) groups is 2. The molecule has 146 valence electrons. The maximum atomic E-state index is 13.6. The van der Waals surface area contributed by atoms with E-state index < -0.39 is 47.2 Å². The van der Waals surface area contributed by atoms with Crippen molar-refractivity contribution in [2.75, 3.05) is 5.32 Å². The Morgan fingerprint density at radius 1 is 1.15 bits per heavy atom. The van der Waals surface area contributed by atoms with Gasteiger partial charge in [0.05, 0.1) is 11.8 Å². The number of aliphatic hydroxyl groups is 1. The summed E-state index contributed by atoms with van der Waals surface area (Å²) < 4.78 is 44.8. The second-order valence-electron chi connectivity index (χ2n) is 6.10. The van der Waals surface area contributed by atoms with Gasteiger partial charge in [0.2, 0.25) is 0 Å². The van der Waals surface area contributed by atoms with Crippen LogP contribution in [0.3, 0.4) is 0 Å². The number of carbonyl (C=O) groups excluding carboxylic acids is 2. The Morgan fingerprint density at radius 3 is 2.33 bits per heavy atom. The molecule has 0 unspecified atom stereocenters. The number of ether oxygens (including phenoxy) is 1. The molecule has 2 aromatic rings. The second-order valence-corrected chi connectivity index (χ2v) is 6.10. The van der Waals surface area contributed by atoms with Crippen LogP contribution in [0.2, 0.25) is 0 Å². The lowest BCUT2D eigenvalue weighted by atomic mass is 10.1. The number of aryl methyl sites for hydroxylation is 1. The molecule has 27 heavy (non-hydrogen) atoms. The Kier molecular flexibility index (Phi) is 5.94. The molecule has 1 amide bonds. The minimum atomic E-state index is -1.72. The third-order valence-corrected chi connectivity index (χ3v) is 4.06. The van der Waals surface area contributed by atoms with E-state index in [9.17, 15) is 27.9 Å². The number of hydrogen-bond donors (Lipinski definition) is 3. The van der Waals surface area contributed by atoms with Crippen molar-refractivity contribution >= 4 is 17.6 Å². The van der Waals surface area contributed by atoms with E-state index in [1.165, 1.54) is 6.92 Å². The highest BCUT2D eigenvalue weighted by atomic mass is 19.2. The first-order valence-corrected chi connectivity index (χ1v) is 8.07. The lowest BCUT2D eigenvalue weighted by Crippen LogP contribution is -2.30. The highest BCUT2D eigenvalue weighted by molar-refractivity contribution is 5.97. The summed E-state index contributed by atoms with van der Waals surface area (Å²) in [7, 11) is 0. The highest BCUT2D eigenvalue weighted by Gasteiger charge is 2.25. The second kappa shape index (κ2) is 7.83. The Morgan fingerprint density at radius 2 is 1.78 bits per heavy atom. The van der Waals surface area contributed by atoms with Gasteiger partial charge >= 0.3 is 5.97 Å². The van der Waals surface area contributed by atoms with Gasteiger partial charge in [-0.1, -0.05) is 0 Å². The maximum Gasteiger partial charge on any atom is 0.355 e. The molecule has 1 aromatic heterocycles. The number of benzene rings is 1. The van der Waals surface area contributed by atoms with Crippen molar-refractivity contribution in [3.05, 3.63) is 52.1 Å². The Balaban J connectivity index is 2.12. The topological polar surface area (TPSA) is 91.4 Å². The van der Waals surface area contributed by atoms with Crippen LogP contribution in [-0.2, 0) is 9.53 Å². The average Bonchev–Trinajstić information content (AvgIpc) is 2.89. The van der Waals surface area contributed by atoms with Crippen LogP contribution in [-0.4, -0.2) is 28.1 Å². The maximum absolute atomic E-state index is 13.6. The third-order valence-electron chi connectivity index (χ3n) is 4.06. The first-order valence-electron chi connectivity index (χ1n) is 8.07. The summed E-state index contributed by atoms with van der Waals surface area (Å²) in [5, 5.41) is 11.8. The molecular weight excluding hydrogens is 365 g/mol. The average molecular weight is 384 g/mol. The molecule has 0 saturated heterocycles. The van der Waals surface area contributed by atoms with Crippen molar-refractivity contribution in [1.82, 2.24) is 4.98 Å². The molecule has 0 bridgehead atoms. The molecule has 6 nitrogen and oxygen atoms in total. The van der Waals surface area contributed by atoms with E-state index >= 15 is 0 Å². The molecule has 0 fully saturated rings. The lowest BCUT2D eigenvalue weighted by Gasteiger charge is -2.14. The van der Waals surface area contributed by atoms with Gasteiger partial charge in [-0.15, -0.1) is 0 Å². The van der Waals surface area contributed by atoms with E-state index in [2.05, 4.69) is 4.98 Å². The Hall–Kier alpha value is -2.81. The number of anilines is 1. The fraction of sp³-hybridized carbons (Fsp3) is 0.333. The quantitative estimate of drug-likeness (QED) is 0.545. The number of nitrogens with one attached hydrogen (secondary N) is 2. The number of halogens is 3. The number of esters is 1. The van der Waals surface area contributed by atoms with Gasteiger partial charge in [-0.25, -0.2) is 18.0 Å². The number of aromatic amines is 1. The predicted molar refractivity (Wildman–Crippen MR) is 90.7 cm³/mol. The molecule has 2 rings (SSSR count). The number of aliphatic hydroxyl groups excluding tert-OH is 1. The van der Waals surface area contributed by atoms with Crippen molar-refractivity contribution in [2.45, 2.75) is 39.9 Å². The Labute approximate surface area is 153 Å². The molecule has 1 aromatic carbocycles. The zero-order valence-corrected chi connectivity index (χ0v) is 15.1. The number of amides is 1. The van der Waals surface area contributed by atoms with Crippen molar-refractivity contribution in [3.8, 4) is 0 Å². The van der Waals surface area contributed by atoms with E-state index in [0.717, 1.165) is 6.07 Å². The van der Waals surface area contributed by atoms with E-state index in [1.54, 1.807) is 20.8 Å². The van der Waals surface area contributed by atoms with Crippen LogP contribution >= 0.6 is 0 Å².